The van der Waals surface area contributed by atoms with Crippen LogP contribution in [0.15, 0.2) is 54.7 Å². The summed E-state index contributed by atoms with van der Waals surface area (Å²) in [7, 11) is 2.16. The van der Waals surface area contributed by atoms with Gasteiger partial charge in [-0.2, -0.15) is 5.10 Å². The van der Waals surface area contributed by atoms with Gasteiger partial charge in [-0.1, -0.05) is 38.1 Å². The number of anilines is 1. The maximum atomic E-state index is 13.1. The summed E-state index contributed by atoms with van der Waals surface area (Å²) in [4.78, 5) is 42.1. The maximum Gasteiger partial charge on any atom is 0.319 e. The molecule has 15 nitrogen and oxygen atoms in total. The fraction of sp³-hybridized carbons (Fsp3) is 0.442. The topological polar surface area (TPSA) is 178 Å². The van der Waals surface area contributed by atoms with Gasteiger partial charge in [0.15, 0.2) is 5.82 Å². The number of nitrogens with zero attached hydrogens (tertiary/aromatic N) is 6. The van der Waals surface area contributed by atoms with Crippen LogP contribution in [0.25, 0.3) is 22.6 Å². The van der Waals surface area contributed by atoms with Gasteiger partial charge in [0.25, 0.3) is 5.91 Å². The molecule has 9 rings (SSSR count). The minimum absolute atomic E-state index is 0.0253. The Bertz CT molecular complexity index is 2250. The van der Waals surface area contributed by atoms with Gasteiger partial charge in [-0.25, -0.2) is 9.78 Å². The Morgan fingerprint density at radius 1 is 0.879 bits per heavy atom. The van der Waals surface area contributed by atoms with Gasteiger partial charge in [0, 0.05) is 77.6 Å². The number of aromatic amines is 2. The molecule has 0 spiro atoms. The van der Waals surface area contributed by atoms with E-state index >= 15 is 0 Å². The number of benzene rings is 3. The number of imidazole rings is 1. The minimum Gasteiger partial charge on any atom is -0.508 e. The van der Waals surface area contributed by atoms with E-state index in [1.165, 1.54) is 22.8 Å². The van der Waals surface area contributed by atoms with Gasteiger partial charge in [0.05, 0.1) is 41.7 Å². The van der Waals surface area contributed by atoms with Crippen LogP contribution in [0.5, 0.6) is 11.5 Å². The lowest BCUT2D eigenvalue weighted by molar-refractivity contribution is 0.0342. The molecule has 0 atom stereocenters. The minimum atomic E-state index is -0.214. The van der Waals surface area contributed by atoms with Crippen molar-refractivity contribution in [3.05, 3.63) is 88.1 Å². The molecule has 5 heterocycles. The molecule has 2 saturated heterocycles. The number of likely N-dealkylation sites (N-methyl/N-ethyl adjacent to an activating group) is 1. The van der Waals surface area contributed by atoms with Crippen molar-refractivity contribution in [3.63, 3.8) is 0 Å². The number of hydrogen-bond acceptors (Lipinski definition) is 10. The molecule has 0 radical (unpaired) electrons. The van der Waals surface area contributed by atoms with Crippen LogP contribution in [0, 0.1) is 0 Å². The molecule has 3 aliphatic heterocycles. The monoisotopic (exact) mass is 790 g/mol. The van der Waals surface area contributed by atoms with Crippen molar-refractivity contribution >= 4 is 28.7 Å². The molecule has 5 aromatic rings. The molecule has 58 heavy (non-hydrogen) atoms. The maximum absolute atomic E-state index is 13.1. The van der Waals surface area contributed by atoms with Gasteiger partial charge in [0.1, 0.15) is 17.2 Å². The standard InChI is InChI=1S/C24H31N3O3.C19H23N7O2/c1-16(2)20-11-21(23(29)12-22(20)28)24(30)27-14-18-5-4-17(10-19(18)15-27)13-26-8-6-25(3)7-9-26;27-19(21-13-2-3-13)24-16-10-20-25-17(16)18-22-14-4-1-12(9-15(14)23-18)11-26-5-7-28-8-6-26/h4-5,10-12,16,28-29H,6-9,13-15H2,1-3H3;1,4,9-10,13H,2-3,5-8,11H2,(H,20,25)(H,22,23)(H2,21,24,27). The summed E-state index contributed by atoms with van der Waals surface area (Å²) in [5, 5.41) is 33.1. The van der Waals surface area contributed by atoms with E-state index < -0.39 is 0 Å². The van der Waals surface area contributed by atoms with Gasteiger partial charge in [-0.05, 0) is 71.8 Å². The number of urea groups is 1. The Morgan fingerprint density at radius 2 is 1.59 bits per heavy atom. The number of amides is 3. The zero-order valence-electron chi connectivity index (χ0n) is 33.6. The number of H-pyrrole nitrogens is 2. The van der Waals surface area contributed by atoms with Gasteiger partial charge in [-0.3, -0.25) is 19.7 Å². The van der Waals surface area contributed by atoms with E-state index in [4.69, 9.17) is 4.74 Å². The first kappa shape index (κ1) is 39.4. The summed E-state index contributed by atoms with van der Waals surface area (Å²) < 4.78 is 5.41. The molecular formula is C43H54N10O5. The van der Waals surface area contributed by atoms with Crippen LogP contribution in [0.2, 0.25) is 0 Å². The van der Waals surface area contributed by atoms with Gasteiger partial charge in [0.2, 0.25) is 0 Å². The van der Waals surface area contributed by atoms with Gasteiger partial charge < -0.3 is 40.4 Å². The first-order valence-electron chi connectivity index (χ1n) is 20.3. The molecule has 6 N–H and O–H groups in total. The molecular weight excluding hydrogens is 737 g/mol. The third-order valence-electron chi connectivity index (χ3n) is 11.4. The number of aromatic hydroxyl groups is 2. The summed E-state index contributed by atoms with van der Waals surface area (Å²) in [5.74, 6) is 0.361. The number of aromatic nitrogens is 4. The van der Waals surface area contributed by atoms with Gasteiger partial charge in [-0.15, -0.1) is 0 Å². The van der Waals surface area contributed by atoms with Crippen molar-refractivity contribution in [1.82, 2.24) is 45.1 Å². The smallest absolute Gasteiger partial charge is 0.319 e. The molecule has 3 amide bonds. The number of carbonyl (C=O) groups excluding carboxylic acids is 2. The van der Waals surface area contributed by atoms with E-state index in [0.29, 0.717) is 41.9 Å². The molecule has 15 heteroatoms. The predicted octanol–water partition coefficient (Wildman–Crippen LogP) is 5.19. The van der Waals surface area contributed by atoms with Crippen LogP contribution < -0.4 is 10.6 Å². The number of ether oxygens (including phenoxy) is 1. The average molecular weight is 791 g/mol. The normalized spacial score (nSPS) is 17.6. The second-order valence-electron chi connectivity index (χ2n) is 16.3. The van der Waals surface area contributed by atoms with Crippen molar-refractivity contribution in [2.24, 2.45) is 0 Å². The molecule has 306 valence electrons. The second-order valence-corrected chi connectivity index (χ2v) is 16.3. The number of carbonyl (C=O) groups is 2. The third-order valence-corrected chi connectivity index (χ3v) is 11.4. The Hall–Kier alpha value is -5.48. The molecule has 3 fully saturated rings. The molecule has 0 unspecified atom stereocenters. The quantitative estimate of drug-likeness (QED) is 0.116. The number of hydrogen-bond donors (Lipinski definition) is 6. The lowest BCUT2D eigenvalue weighted by atomic mass is 9.98. The Morgan fingerprint density at radius 3 is 2.33 bits per heavy atom. The van der Waals surface area contributed by atoms with Crippen molar-refractivity contribution in [2.45, 2.75) is 64.8 Å². The molecule has 1 saturated carbocycles. The van der Waals surface area contributed by atoms with Crippen molar-refractivity contribution in [3.8, 4) is 23.0 Å². The summed E-state index contributed by atoms with van der Waals surface area (Å²) in [6, 6.07) is 15.8. The Labute approximate surface area is 338 Å². The SMILES string of the molecule is CC(C)c1cc(C(=O)N2Cc3ccc(CN4CCN(C)CC4)cc3C2)c(O)cc1O.O=C(Nc1cn[nH]c1-c1nc2ccc(CN3CCOCC3)cc2[nH]1)NC1CC1. The number of morpholine rings is 1. The van der Waals surface area contributed by atoms with E-state index in [0.717, 1.165) is 95.0 Å². The fourth-order valence-electron chi connectivity index (χ4n) is 7.78. The highest BCUT2D eigenvalue weighted by atomic mass is 16.5. The van der Waals surface area contributed by atoms with Crippen molar-refractivity contribution in [1.29, 1.82) is 0 Å². The number of fused-ring (bicyclic) bond motifs is 2. The lowest BCUT2D eigenvalue weighted by Gasteiger charge is -2.32. The van der Waals surface area contributed by atoms with E-state index in [1.807, 2.05) is 19.9 Å². The third kappa shape index (κ3) is 9.28. The Balaban J connectivity index is 0.000000162. The Kier molecular flexibility index (Phi) is 11.6. The number of phenols is 2. The first-order chi connectivity index (χ1) is 28.1. The summed E-state index contributed by atoms with van der Waals surface area (Å²) in [5.41, 5.74) is 8.88. The van der Waals surface area contributed by atoms with Gasteiger partial charge >= 0.3 is 6.03 Å². The van der Waals surface area contributed by atoms with Crippen LogP contribution in [0.3, 0.4) is 0 Å². The highest BCUT2D eigenvalue weighted by Crippen LogP contribution is 2.35. The average Bonchev–Trinajstić information content (AvgIpc) is 3.53. The van der Waals surface area contributed by atoms with E-state index in [9.17, 15) is 19.8 Å². The number of phenolic OH excluding ortho intramolecular Hbond substituents is 2. The zero-order chi connectivity index (χ0) is 40.3. The number of rotatable bonds is 9. The van der Waals surface area contributed by atoms with Crippen LogP contribution in [-0.2, 0) is 30.9 Å². The second kappa shape index (κ2) is 17.2. The van der Waals surface area contributed by atoms with Crippen LogP contribution in [0.4, 0.5) is 10.5 Å². The van der Waals surface area contributed by atoms with Crippen LogP contribution >= 0.6 is 0 Å². The number of piperazine rings is 1. The highest BCUT2D eigenvalue weighted by molar-refractivity contribution is 5.98. The van der Waals surface area contributed by atoms with Crippen LogP contribution in [-0.4, -0.2) is 127 Å². The van der Waals surface area contributed by atoms with Crippen molar-refractivity contribution < 1.29 is 24.5 Å². The fourth-order valence-corrected chi connectivity index (χ4v) is 7.78. The summed E-state index contributed by atoms with van der Waals surface area (Å²) >= 11 is 0. The molecule has 4 aliphatic rings. The largest absolute Gasteiger partial charge is 0.508 e. The summed E-state index contributed by atoms with van der Waals surface area (Å²) in [6.45, 7) is 14.7. The van der Waals surface area contributed by atoms with E-state index in [1.54, 1.807) is 17.2 Å². The predicted molar refractivity (Wildman–Crippen MR) is 222 cm³/mol. The highest BCUT2D eigenvalue weighted by Gasteiger charge is 2.28. The summed E-state index contributed by atoms with van der Waals surface area (Å²) in [6.07, 6.45) is 3.68. The molecule has 1 aliphatic carbocycles. The molecule has 2 aromatic heterocycles. The lowest BCUT2D eigenvalue weighted by Crippen LogP contribution is -2.43. The zero-order valence-corrected chi connectivity index (χ0v) is 33.6. The molecule has 0 bridgehead atoms. The number of nitrogens with one attached hydrogen (secondary N) is 4. The molecule has 3 aromatic carbocycles. The van der Waals surface area contributed by atoms with Crippen LogP contribution in [0.1, 0.15) is 70.8 Å². The van der Waals surface area contributed by atoms with Crippen molar-refractivity contribution in [2.75, 3.05) is 64.8 Å². The van der Waals surface area contributed by atoms with E-state index in [2.05, 4.69) is 82.9 Å². The first-order valence-corrected chi connectivity index (χ1v) is 20.3. The van der Waals surface area contributed by atoms with E-state index in [-0.39, 0.29) is 34.9 Å².